The molecule has 1 aliphatic heterocycles. The molecule has 0 aliphatic carbocycles. The zero-order chi connectivity index (χ0) is 13.3. The predicted octanol–water partition coefficient (Wildman–Crippen LogP) is 1.82. The van der Waals surface area contributed by atoms with E-state index in [1.54, 1.807) is 6.07 Å². The average molecular weight is 247 g/mol. The third-order valence-corrected chi connectivity index (χ3v) is 3.25. The van der Waals surface area contributed by atoms with Crippen LogP contribution in [0.1, 0.15) is 27.2 Å². The molecule has 1 aliphatic rings. The lowest BCUT2D eigenvalue weighted by Gasteiger charge is -2.32. The zero-order valence-corrected chi connectivity index (χ0v) is 11.3. The molecule has 0 bridgehead atoms. The molecule has 0 aromatic carbocycles. The Morgan fingerprint density at radius 2 is 1.94 bits per heavy atom. The van der Waals surface area contributed by atoms with Gasteiger partial charge in [0.2, 0.25) is 5.95 Å². The van der Waals surface area contributed by atoms with Crippen LogP contribution in [0.25, 0.3) is 0 Å². The minimum atomic E-state index is 0.232. The Balaban J connectivity index is 2.17. The number of aromatic nitrogens is 2. The van der Waals surface area contributed by atoms with Gasteiger partial charge in [-0.2, -0.15) is 9.97 Å². The van der Waals surface area contributed by atoms with E-state index in [4.69, 9.17) is 11.5 Å². The van der Waals surface area contributed by atoms with Crippen molar-refractivity contribution in [3.05, 3.63) is 17.7 Å². The first-order valence-electron chi connectivity index (χ1n) is 6.21. The van der Waals surface area contributed by atoms with Crippen molar-refractivity contribution in [3.63, 3.8) is 0 Å². The Morgan fingerprint density at radius 3 is 2.44 bits per heavy atom. The van der Waals surface area contributed by atoms with E-state index in [-0.39, 0.29) is 11.4 Å². The first-order valence-corrected chi connectivity index (χ1v) is 6.21. The van der Waals surface area contributed by atoms with Gasteiger partial charge in [-0.05, 0) is 11.8 Å². The van der Waals surface area contributed by atoms with Gasteiger partial charge in [0.25, 0.3) is 0 Å². The zero-order valence-electron chi connectivity index (χ0n) is 11.3. The van der Waals surface area contributed by atoms with Crippen LogP contribution in [0.4, 0.5) is 17.6 Å². The number of nitrogen functional groups attached to an aromatic ring is 2. The molecule has 0 unspecified atom stereocenters. The van der Waals surface area contributed by atoms with Crippen molar-refractivity contribution in [2.45, 2.75) is 27.2 Å². The summed E-state index contributed by atoms with van der Waals surface area (Å²) in [6.45, 7) is 8.53. The van der Waals surface area contributed by atoms with E-state index < -0.39 is 0 Å². The molecule has 2 heterocycles. The molecule has 0 spiro atoms. The van der Waals surface area contributed by atoms with Crippen molar-refractivity contribution in [2.75, 3.05) is 29.5 Å². The second kappa shape index (κ2) is 4.48. The van der Waals surface area contributed by atoms with Crippen molar-refractivity contribution in [1.29, 1.82) is 0 Å². The summed E-state index contributed by atoms with van der Waals surface area (Å²) in [6.07, 6.45) is 3.32. The predicted molar refractivity (Wildman–Crippen MR) is 75.2 cm³/mol. The average Bonchev–Trinajstić information content (AvgIpc) is 2.27. The molecule has 4 N–H and O–H groups in total. The number of nitrogens with two attached hydrogens (primary N) is 2. The summed E-state index contributed by atoms with van der Waals surface area (Å²) >= 11 is 0. The van der Waals surface area contributed by atoms with E-state index in [0.717, 1.165) is 25.3 Å². The van der Waals surface area contributed by atoms with Crippen LogP contribution in [0.5, 0.6) is 0 Å². The molecule has 0 saturated heterocycles. The van der Waals surface area contributed by atoms with Gasteiger partial charge in [0.05, 0.1) is 0 Å². The molecule has 0 amide bonds. The van der Waals surface area contributed by atoms with Crippen molar-refractivity contribution in [1.82, 2.24) is 9.97 Å². The van der Waals surface area contributed by atoms with Crippen LogP contribution in [0, 0.1) is 5.41 Å². The van der Waals surface area contributed by atoms with Crippen molar-refractivity contribution >= 4 is 17.6 Å². The summed E-state index contributed by atoms with van der Waals surface area (Å²) in [6, 6.07) is 1.77. The maximum Gasteiger partial charge on any atom is 0.223 e. The van der Waals surface area contributed by atoms with E-state index >= 15 is 0 Å². The van der Waals surface area contributed by atoms with Crippen LogP contribution in [0.2, 0.25) is 0 Å². The van der Waals surface area contributed by atoms with Crippen LogP contribution in [-0.2, 0) is 0 Å². The number of nitrogens with zero attached hydrogens (tertiary/aromatic N) is 3. The fourth-order valence-corrected chi connectivity index (χ4v) is 2.19. The lowest BCUT2D eigenvalue weighted by atomic mass is 9.83. The summed E-state index contributed by atoms with van der Waals surface area (Å²) in [4.78, 5) is 10.3. The lowest BCUT2D eigenvalue weighted by Crippen LogP contribution is -2.32. The quantitative estimate of drug-likeness (QED) is 0.740. The van der Waals surface area contributed by atoms with E-state index in [0.29, 0.717) is 5.82 Å². The Morgan fingerprint density at radius 1 is 1.22 bits per heavy atom. The number of hydrogen-bond acceptors (Lipinski definition) is 5. The molecule has 1 aromatic heterocycles. The minimum absolute atomic E-state index is 0.232. The van der Waals surface area contributed by atoms with Gasteiger partial charge < -0.3 is 16.4 Å². The van der Waals surface area contributed by atoms with Gasteiger partial charge in [0.15, 0.2) is 0 Å². The summed E-state index contributed by atoms with van der Waals surface area (Å²) in [5, 5.41) is 0. The minimum Gasteiger partial charge on any atom is -0.383 e. The van der Waals surface area contributed by atoms with Gasteiger partial charge in [-0.3, -0.25) is 0 Å². The molecular weight excluding hydrogens is 226 g/mol. The highest BCUT2D eigenvalue weighted by molar-refractivity contribution is 5.51. The Labute approximate surface area is 108 Å². The lowest BCUT2D eigenvalue weighted by molar-refractivity contribution is 0.472. The maximum absolute atomic E-state index is 5.69. The molecule has 0 fully saturated rings. The highest BCUT2D eigenvalue weighted by Gasteiger charge is 2.22. The molecule has 5 heteroatoms. The van der Waals surface area contributed by atoms with E-state index in [1.807, 2.05) is 0 Å². The molecule has 18 heavy (non-hydrogen) atoms. The molecule has 2 rings (SSSR count). The monoisotopic (exact) mass is 247 g/mol. The van der Waals surface area contributed by atoms with Gasteiger partial charge in [0.1, 0.15) is 11.6 Å². The molecule has 5 nitrogen and oxygen atoms in total. The Kier molecular flexibility index (Phi) is 3.15. The molecular formula is C13H21N5. The van der Waals surface area contributed by atoms with Gasteiger partial charge in [-0.1, -0.05) is 32.4 Å². The van der Waals surface area contributed by atoms with E-state index in [2.05, 4.69) is 41.7 Å². The largest absolute Gasteiger partial charge is 0.383 e. The SMILES string of the molecule is CC(C)(C)C1=CCN(c2cc(N)nc(N)n2)CC1. The molecule has 1 aromatic rings. The fraction of sp³-hybridized carbons (Fsp3) is 0.538. The fourth-order valence-electron chi connectivity index (χ4n) is 2.19. The third-order valence-electron chi connectivity index (χ3n) is 3.25. The van der Waals surface area contributed by atoms with Gasteiger partial charge in [-0.15, -0.1) is 0 Å². The van der Waals surface area contributed by atoms with Crippen LogP contribution >= 0.6 is 0 Å². The number of rotatable bonds is 1. The van der Waals surface area contributed by atoms with Crippen LogP contribution < -0.4 is 16.4 Å². The smallest absolute Gasteiger partial charge is 0.223 e. The van der Waals surface area contributed by atoms with Crippen LogP contribution in [0.3, 0.4) is 0 Å². The van der Waals surface area contributed by atoms with E-state index in [9.17, 15) is 0 Å². The van der Waals surface area contributed by atoms with Gasteiger partial charge in [-0.25, -0.2) is 0 Å². The van der Waals surface area contributed by atoms with Crippen LogP contribution in [0.15, 0.2) is 17.7 Å². The van der Waals surface area contributed by atoms with E-state index in [1.165, 1.54) is 5.57 Å². The molecule has 0 atom stereocenters. The normalized spacial score (nSPS) is 16.6. The summed E-state index contributed by atoms with van der Waals surface area (Å²) in [5.41, 5.74) is 13.0. The first-order chi connectivity index (χ1) is 8.36. The third kappa shape index (κ3) is 2.72. The standard InChI is InChI=1S/C13H21N5/c1-13(2,3)9-4-6-18(7-5-9)11-8-10(14)16-12(15)17-11/h4,8H,5-7H2,1-3H3,(H4,14,15,16,17). The summed E-state index contributed by atoms with van der Waals surface area (Å²) in [5.74, 6) is 1.46. The second-order valence-corrected chi connectivity index (χ2v) is 5.68. The highest BCUT2D eigenvalue weighted by Crippen LogP contribution is 2.31. The number of anilines is 3. The Bertz CT molecular complexity index is 453. The first kappa shape index (κ1) is 12.7. The summed E-state index contributed by atoms with van der Waals surface area (Å²) < 4.78 is 0. The summed E-state index contributed by atoms with van der Waals surface area (Å²) in [7, 11) is 0. The molecule has 0 radical (unpaired) electrons. The van der Waals surface area contributed by atoms with Crippen LogP contribution in [-0.4, -0.2) is 23.1 Å². The van der Waals surface area contributed by atoms with Gasteiger partial charge in [0, 0.05) is 19.2 Å². The molecule has 0 saturated carbocycles. The number of hydrogen-bond donors (Lipinski definition) is 2. The van der Waals surface area contributed by atoms with Crippen molar-refractivity contribution < 1.29 is 0 Å². The second-order valence-electron chi connectivity index (χ2n) is 5.68. The van der Waals surface area contributed by atoms with Gasteiger partial charge >= 0.3 is 0 Å². The highest BCUT2D eigenvalue weighted by atomic mass is 15.2. The van der Waals surface area contributed by atoms with Crippen molar-refractivity contribution in [3.8, 4) is 0 Å². The maximum atomic E-state index is 5.69. The molecule has 98 valence electrons. The van der Waals surface area contributed by atoms with Crippen molar-refractivity contribution in [2.24, 2.45) is 5.41 Å². The topological polar surface area (TPSA) is 81.1 Å². The Hall–Kier alpha value is -1.78.